The fourth-order valence-corrected chi connectivity index (χ4v) is 5.97. The molecule has 0 aliphatic carbocycles. The average Bonchev–Trinajstić information content (AvgIpc) is 3.18. The van der Waals surface area contributed by atoms with E-state index in [0.717, 1.165) is 17.4 Å². The first-order valence-electron chi connectivity index (χ1n) is 8.61. The molecule has 1 aromatic carbocycles. The maximum absolute atomic E-state index is 13.8. The van der Waals surface area contributed by atoms with Crippen molar-refractivity contribution in [3.63, 3.8) is 0 Å². The van der Waals surface area contributed by atoms with Gasteiger partial charge < -0.3 is 9.26 Å². The van der Waals surface area contributed by atoms with Crippen LogP contribution in [0.1, 0.15) is 24.3 Å². The Bertz CT molecular complexity index is 1120. The van der Waals surface area contributed by atoms with E-state index in [1.54, 1.807) is 13.8 Å². The molecule has 2 aromatic heterocycles. The number of benzene rings is 1. The van der Waals surface area contributed by atoms with Gasteiger partial charge in [0.2, 0.25) is 10.0 Å². The minimum atomic E-state index is -3.69. The first-order valence-corrected chi connectivity index (χ1v) is 10.9. The summed E-state index contributed by atoms with van der Waals surface area (Å²) in [7, 11) is -3.69. The smallest absolute Gasteiger partial charge is 0.274 e. The van der Waals surface area contributed by atoms with Crippen molar-refractivity contribution in [1.29, 1.82) is 0 Å². The number of nitrogens with zero attached hydrogens (tertiary/aromatic N) is 3. The van der Waals surface area contributed by atoms with Crippen LogP contribution < -0.4 is 4.74 Å². The van der Waals surface area contributed by atoms with Gasteiger partial charge in [-0.1, -0.05) is 16.5 Å². The molecule has 0 atom stereocenters. The number of aromatic nitrogens is 2. The van der Waals surface area contributed by atoms with Crippen LogP contribution in [-0.4, -0.2) is 42.1 Å². The van der Waals surface area contributed by atoms with Gasteiger partial charge in [-0.25, -0.2) is 17.2 Å². The van der Waals surface area contributed by atoms with E-state index in [2.05, 4.69) is 10.1 Å². The number of piperidine rings is 1. The standard InChI is InChI=1S/C17H17F2N3O4S2/c1-9-16(10(2)26-21-9)28(23,24)22-5-3-12(4-6-22)25-17-20-15-13(19)7-11(18)8-14(15)27-17/h7-8,12H,3-6H2,1-2H3. The zero-order chi connectivity index (χ0) is 20.1. The lowest BCUT2D eigenvalue weighted by atomic mass is 10.1. The number of aryl methyl sites for hydroxylation is 2. The summed E-state index contributed by atoms with van der Waals surface area (Å²) in [5, 5.41) is 3.95. The highest BCUT2D eigenvalue weighted by Gasteiger charge is 2.34. The van der Waals surface area contributed by atoms with Crippen molar-refractivity contribution >= 4 is 31.6 Å². The third kappa shape index (κ3) is 3.38. The third-order valence-corrected chi connectivity index (χ3v) is 7.66. The van der Waals surface area contributed by atoms with Gasteiger partial charge in [0.1, 0.15) is 28.0 Å². The minimum Gasteiger partial charge on any atom is -0.467 e. The summed E-state index contributed by atoms with van der Waals surface area (Å²) in [6, 6.07) is 1.99. The number of thiazole rings is 1. The van der Waals surface area contributed by atoms with Gasteiger partial charge in [0.05, 0.1) is 4.70 Å². The maximum Gasteiger partial charge on any atom is 0.274 e. The fraction of sp³-hybridized carbons (Fsp3) is 0.412. The van der Waals surface area contributed by atoms with Crippen LogP contribution in [0.4, 0.5) is 8.78 Å². The second-order valence-corrected chi connectivity index (χ2v) is 9.46. The summed E-state index contributed by atoms with van der Waals surface area (Å²) in [6.07, 6.45) is 0.648. The molecule has 1 aliphatic heterocycles. The van der Waals surface area contributed by atoms with Crippen LogP contribution in [0.15, 0.2) is 21.6 Å². The number of ether oxygens (including phenoxy) is 1. The lowest BCUT2D eigenvalue weighted by Crippen LogP contribution is -2.42. The van der Waals surface area contributed by atoms with E-state index in [4.69, 9.17) is 9.26 Å². The van der Waals surface area contributed by atoms with Crippen molar-refractivity contribution in [1.82, 2.24) is 14.4 Å². The largest absolute Gasteiger partial charge is 0.467 e. The van der Waals surface area contributed by atoms with E-state index < -0.39 is 21.7 Å². The van der Waals surface area contributed by atoms with Crippen molar-refractivity contribution < 1.29 is 26.5 Å². The molecular formula is C17H17F2N3O4S2. The summed E-state index contributed by atoms with van der Waals surface area (Å²) in [6.45, 7) is 3.70. The van der Waals surface area contributed by atoms with Gasteiger partial charge in [-0.15, -0.1) is 0 Å². The Morgan fingerprint density at radius 1 is 1.25 bits per heavy atom. The molecule has 1 saturated heterocycles. The van der Waals surface area contributed by atoms with Crippen LogP contribution >= 0.6 is 11.3 Å². The topological polar surface area (TPSA) is 85.5 Å². The van der Waals surface area contributed by atoms with E-state index in [0.29, 0.717) is 23.2 Å². The number of hydrogen-bond donors (Lipinski definition) is 0. The zero-order valence-corrected chi connectivity index (χ0v) is 16.7. The molecule has 0 saturated carbocycles. The van der Waals surface area contributed by atoms with Gasteiger partial charge in [0.15, 0.2) is 11.6 Å². The molecule has 1 aliphatic rings. The van der Waals surface area contributed by atoms with E-state index >= 15 is 0 Å². The molecule has 0 N–H and O–H groups in total. The van der Waals surface area contributed by atoms with E-state index in [1.165, 1.54) is 10.4 Å². The maximum atomic E-state index is 13.8. The van der Waals surface area contributed by atoms with Crippen molar-refractivity contribution in [2.24, 2.45) is 0 Å². The molecule has 3 heterocycles. The van der Waals surface area contributed by atoms with E-state index in [1.807, 2.05) is 0 Å². The number of rotatable bonds is 4. The first kappa shape index (κ1) is 19.2. The normalized spacial score (nSPS) is 16.7. The number of halogens is 2. The highest BCUT2D eigenvalue weighted by molar-refractivity contribution is 7.89. The summed E-state index contributed by atoms with van der Waals surface area (Å²) >= 11 is 1.06. The monoisotopic (exact) mass is 429 g/mol. The molecule has 0 bridgehead atoms. The molecule has 150 valence electrons. The summed E-state index contributed by atoms with van der Waals surface area (Å²) in [5.41, 5.74) is 0.402. The molecular weight excluding hydrogens is 412 g/mol. The molecule has 0 amide bonds. The zero-order valence-electron chi connectivity index (χ0n) is 15.1. The van der Waals surface area contributed by atoms with Crippen molar-refractivity contribution in [2.75, 3.05) is 13.1 Å². The summed E-state index contributed by atoms with van der Waals surface area (Å²) in [4.78, 5) is 4.19. The Hall–Kier alpha value is -2.11. The van der Waals surface area contributed by atoms with Crippen molar-refractivity contribution in [3.05, 3.63) is 35.2 Å². The molecule has 0 unspecified atom stereocenters. The van der Waals surface area contributed by atoms with Gasteiger partial charge in [0.25, 0.3) is 5.19 Å². The second-order valence-electron chi connectivity index (χ2n) is 6.59. The Labute approximate surface area is 164 Å². The molecule has 0 radical (unpaired) electrons. The number of fused-ring (bicyclic) bond motifs is 1. The lowest BCUT2D eigenvalue weighted by Gasteiger charge is -2.30. The SMILES string of the molecule is Cc1noc(C)c1S(=O)(=O)N1CCC(Oc2nc3c(F)cc(F)cc3s2)CC1. The van der Waals surface area contributed by atoms with Gasteiger partial charge >= 0.3 is 0 Å². The van der Waals surface area contributed by atoms with Crippen molar-refractivity contribution in [2.45, 2.75) is 37.7 Å². The van der Waals surface area contributed by atoms with Crippen LogP contribution in [0, 0.1) is 25.5 Å². The molecule has 3 aromatic rings. The Morgan fingerprint density at radius 2 is 1.96 bits per heavy atom. The summed E-state index contributed by atoms with van der Waals surface area (Å²) < 4.78 is 65.3. The Kier molecular flexibility index (Phi) is 4.84. The molecule has 0 spiro atoms. The molecule has 28 heavy (non-hydrogen) atoms. The van der Waals surface area contributed by atoms with Gasteiger partial charge in [0, 0.05) is 19.2 Å². The van der Waals surface area contributed by atoms with Crippen LogP contribution in [0.25, 0.3) is 10.2 Å². The fourth-order valence-electron chi connectivity index (χ4n) is 3.29. The molecule has 11 heteroatoms. The molecule has 7 nitrogen and oxygen atoms in total. The summed E-state index contributed by atoms with van der Waals surface area (Å²) in [5.74, 6) is -1.14. The highest BCUT2D eigenvalue weighted by atomic mass is 32.2. The molecule has 1 fully saturated rings. The van der Waals surface area contributed by atoms with Crippen LogP contribution in [0.3, 0.4) is 0 Å². The van der Waals surface area contributed by atoms with E-state index in [9.17, 15) is 17.2 Å². The van der Waals surface area contributed by atoms with E-state index in [-0.39, 0.29) is 40.6 Å². The lowest BCUT2D eigenvalue weighted by molar-refractivity contribution is 0.135. The van der Waals surface area contributed by atoms with Gasteiger partial charge in [-0.2, -0.15) is 9.29 Å². The van der Waals surface area contributed by atoms with Gasteiger partial charge in [-0.3, -0.25) is 0 Å². The predicted octanol–water partition coefficient (Wildman–Crippen LogP) is 3.41. The number of sulfonamides is 1. The third-order valence-electron chi connectivity index (χ3n) is 4.63. The van der Waals surface area contributed by atoms with Crippen LogP contribution in [0.2, 0.25) is 0 Å². The molecule has 4 rings (SSSR count). The van der Waals surface area contributed by atoms with Crippen LogP contribution in [0.5, 0.6) is 5.19 Å². The number of hydrogen-bond acceptors (Lipinski definition) is 7. The van der Waals surface area contributed by atoms with Gasteiger partial charge in [-0.05, 0) is 32.8 Å². The second kappa shape index (κ2) is 7.05. The first-order chi connectivity index (χ1) is 13.3. The average molecular weight is 429 g/mol. The highest BCUT2D eigenvalue weighted by Crippen LogP contribution is 2.33. The quantitative estimate of drug-likeness (QED) is 0.632. The Morgan fingerprint density at radius 3 is 2.61 bits per heavy atom. The predicted molar refractivity (Wildman–Crippen MR) is 97.9 cm³/mol. The van der Waals surface area contributed by atoms with Crippen LogP contribution in [-0.2, 0) is 10.0 Å². The minimum absolute atomic E-state index is 0.0693. The van der Waals surface area contributed by atoms with Crippen molar-refractivity contribution in [3.8, 4) is 5.19 Å². The Balaban J connectivity index is 1.45.